The first-order chi connectivity index (χ1) is 70.6. The van der Waals surface area contributed by atoms with Crippen LogP contribution in [0.5, 0.6) is 0 Å². The smallest absolute Gasteiger partial charge is 0.306 e. The molecular weight excluding hydrogens is 1860 g/mol. The lowest BCUT2D eigenvalue weighted by Crippen LogP contribution is -2.48. The largest absolute Gasteiger partial charge is 0.481 e. The Morgan fingerprint density at radius 1 is 0.445 bits per heavy atom. The number of piperazine rings is 3. The number of nitrogens with zero attached hydrogens (tertiary/aromatic N) is 19. The van der Waals surface area contributed by atoms with Crippen LogP contribution in [0.4, 0.5) is 35.3 Å². The summed E-state index contributed by atoms with van der Waals surface area (Å²) >= 11 is 0. The zero-order valence-corrected chi connectivity index (χ0v) is 87.4. The Morgan fingerprint density at radius 3 is 1.30 bits per heavy atom. The van der Waals surface area contributed by atoms with Crippen molar-refractivity contribution >= 4 is 110 Å². The number of nitrogen functional groups attached to an aromatic ring is 3. The number of rotatable bonds is 58. The molecule has 0 radical (unpaired) electrons. The molecule has 0 saturated carbocycles. The second-order valence-corrected chi connectivity index (χ2v) is 39.2. The van der Waals surface area contributed by atoms with E-state index in [2.05, 4.69) is 208 Å². The highest BCUT2D eigenvalue weighted by Gasteiger charge is 2.36. The van der Waals surface area contributed by atoms with E-state index in [-0.39, 0.29) is 67.1 Å². The van der Waals surface area contributed by atoms with Crippen LogP contribution in [0, 0.1) is 38.5 Å². The van der Waals surface area contributed by atoms with E-state index < -0.39 is 23.8 Å². The summed E-state index contributed by atoms with van der Waals surface area (Å²) in [7, 11) is 0. The average Bonchev–Trinajstić information content (AvgIpc) is 1.64. The number of imide groups is 1. The maximum Gasteiger partial charge on any atom is 0.306 e. The SMILES string of the molecule is CCCCCNc1nc(N)nc2ccn(Cc3ccc(CN4CCN(C(=O)CCOCCOCCNC(=O)C(C)CC(=O)O)CC4)cc3C)c12.CCCCCNc1nc(N)nc2ccn(Cc3ccc(CN4CCN(CCOCCCOCCCC(=O)CC(C)C(=O)O)CC4)cc3C)c12.CCCCCNc1nc(N)nc2ccn(Cc3ccc(CN4CCN(CCn5cc(CN6C(=O)CC(C)C6=O)nn5)CC4)cc3C)c12. The minimum atomic E-state index is -1.00. The van der Waals surface area contributed by atoms with Crippen LogP contribution in [0.1, 0.15) is 200 Å². The van der Waals surface area contributed by atoms with Gasteiger partial charge >= 0.3 is 11.9 Å². The maximum absolute atomic E-state index is 12.7. The van der Waals surface area contributed by atoms with Gasteiger partial charge in [0, 0.05) is 227 Å². The van der Waals surface area contributed by atoms with Crippen LogP contribution in [0.15, 0.2) is 97.6 Å². The Kier molecular flexibility index (Phi) is 45.0. The van der Waals surface area contributed by atoms with Crippen molar-refractivity contribution < 1.29 is 62.7 Å². The third-order valence-electron chi connectivity index (χ3n) is 27.4. The number of carboxylic acids is 2. The second kappa shape index (κ2) is 58.4. The van der Waals surface area contributed by atoms with Crippen molar-refractivity contribution in [2.45, 2.75) is 217 Å². The number of anilines is 6. The first-order valence-corrected chi connectivity index (χ1v) is 52.7. The number of benzene rings is 3. The molecule has 794 valence electrons. The minimum absolute atomic E-state index is 0.0202. The van der Waals surface area contributed by atoms with Gasteiger partial charge in [-0.25, -0.2) is 15.0 Å². The molecule has 4 saturated heterocycles. The number of nitrogens with two attached hydrogens (primary N) is 3. The number of hydrogen-bond donors (Lipinski definition) is 9. The second-order valence-electron chi connectivity index (χ2n) is 39.2. The van der Waals surface area contributed by atoms with Crippen LogP contribution in [0.2, 0.25) is 0 Å². The number of likely N-dealkylation sites (tertiary alicyclic amines) is 1. The van der Waals surface area contributed by atoms with Gasteiger partial charge in [-0.3, -0.25) is 67.6 Å². The van der Waals surface area contributed by atoms with E-state index in [1.165, 1.54) is 87.1 Å². The maximum atomic E-state index is 12.7. The van der Waals surface area contributed by atoms with Gasteiger partial charge < -0.3 is 86.2 Å². The number of amides is 4. The van der Waals surface area contributed by atoms with Crippen LogP contribution in [0.25, 0.3) is 33.1 Å². The normalized spacial score (nSPS) is 15.5. The fourth-order valence-electron chi connectivity index (χ4n) is 18.7. The topological polar surface area (TPSA) is 469 Å². The molecule has 39 nitrogen and oxygen atoms in total. The molecule has 7 aromatic heterocycles. The number of ketones is 1. The van der Waals surface area contributed by atoms with E-state index in [0.29, 0.717) is 116 Å². The monoisotopic (exact) mass is 2020 g/mol. The van der Waals surface area contributed by atoms with Gasteiger partial charge in [0.25, 0.3) is 0 Å². The molecule has 146 heavy (non-hydrogen) atoms. The molecule has 10 aromatic rings. The van der Waals surface area contributed by atoms with E-state index in [0.717, 1.165) is 220 Å². The summed E-state index contributed by atoms with van der Waals surface area (Å²) in [5.74, 6) is -0.633. The highest BCUT2D eigenvalue weighted by molar-refractivity contribution is 6.03. The fourth-order valence-corrected chi connectivity index (χ4v) is 18.7. The molecule has 14 rings (SSSR count). The predicted octanol–water partition coefficient (Wildman–Crippen LogP) is 11.5. The number of Topliss-reactive ketones (excluding diaryl/α,β-unsaturated/α-hetero) is 1. The van der Waals surface area contributed by atoms with Crippen LogP contribution in [0.3, 0.4) is 0 Å². The molecule has 0 bridgehead atoms. The molecule has 4 aliphatic rings. The van der Waals surface area contributed by atoms with Gasteiger partial charge in [0.15, 0.2) is 17.5 Å². The summed E-state index contributed by atoms with van der Waals surface area (Å²) < 4.78 is 30.9. The first kappa shape index (κ1) is 113. The quantitative estimate of drug-likeness (QED) is 0.0126. The molecule has 3 unspecified atom stereocenters. The van der Waals surface area contributed by atoms with Gasteiger partial charge in [-0.15, -0.1) is 5.10 Å². The van der Waals surface area contributed by atoms with Crippen molar-refractivity contribution in [3.8, 4) is 0 Å². The van der Waals surface area contributed by atoms with E-state index in [4.69, 9.17) is 46.4 Å². The van der Waals surface area contributed by atoms with E-state index in [1.807, 2.05) is 40.2 Å². The van der Waals surface area contributed by atoms with Crippen LogP contribution < -0.4 is 38.5 Å². The third-order valence-corrected chi connectivity index (χ3v) is 27.4. The van der Waals surface area contributed by atoms with Crippen molar-refractivity contribution in [3.05, 3.63) is 153 Å². The number of carbonyl (C=O) groups is 7. The Labute approximate surface area is 858 Å². The van der Waals surface area contributed by atoms with Crippen molar-refractivity contribution in [3.63, 3.8) is 0 Å². The van der Waals surface area contributed by atoms with Gasteiger partial charge in [-0.2, -0.15) is 15.0 Å². The number of fused-ring (bicyclic) bond motifs is 3. The molecule has 3 aromatic carbocycles. The molecule has 39 heteroatoms. The standard InChI is InChI=1S/C37H57N7O5.C36H54N8O6.C34H47N11O2/c1-4-5-6-13-39-35-34-33(40-37(38)41-35)12-14-44(34)27-31-11-10-30(24-28(31)2)26-43-17-15-42(16-18-43)19-23-49-22-8-21-48-20-7-9-32(45)25-29(3)36(46)47;1-4-5-6-11-38-34-33-30(40-36(37)41-34)9-13-44(33)25-29-8-7-28(22-26(29)2)24-42-14-16-43(17-15-42)31(45)10-18-49-20-21-50-19-12-39-35(48)27(3)23-32(46)47;1-4-5-6-10-36-32-31-29(37-34(35)38-32)9-11-43(31)21-27-8-7-26(18-24(27)2)20-42-14-12-41(13-15-42)16-17-44-22-28(39-40-44)23-45-30(46)19-25(3)33(45)47/h10-12,14,24,29H,4-9,13,15-23,25-27H2,1-3H3,(H,46,47)(H3,38,39,40,41);7-9,13,22,27H,4-6,10-12,14-21,23-25H2,1-3H3,(H,39,48)(H,46,47)(H3,37,38,40,41);7-9,11,18,22,25H,4-6,10,12-17,19-21,23H2,1-3H3,(H3,35,36,37,38). The summed E-state index contributed by atoms with van der Waals surface area (Å²) in [5, 5.41) is 39.2. The molecule has 0 spiro atoms. The first-order valence-electron chi connectivity index (χ1n) is 52.7. The van der Waals surface area contributed by atoms with Crippen molar-refractivity contribution in [1.82, 2.24) is 98.2 Å². The minimum Gasteiger partial charge on any atom is -0.481 e. The lowest BCUT2D eigenvalue weighted by Gasteiger charge is -2.35. The molecule has 11 heterocycles. The summed E-state index contributed by atoms with van der Waals surface area (Å²) in [5.41, 5.74) is 35.7. The summed E-state index contributed by atoms with van der Waals surface area (Å²) in [6.45, 7) is 43.6. The Balaban J connectivity index is 0.000000195. The van der Waals surface area contributed by atoms with Crippen molar-refractivity contribution in [1.29, 1.82) is 0 Å². The Morgan fingerprint density at radius 2 is 0.870 bits per heavy atom. The molecule has 4 aliphatic heterocycles. The van der Waals surface area contributed by atoms with E-state index in [9.17, 15) is 33.6 Å². The molecular formula is C107H158N26O13. The highest BCUT2D eigenvalue weighted by Crippen LogP contribution is 2.31. The number of nitrogens with one attached hydrogen (secondary N) is 4. The number of aryl methyl sites for hydroxylation is 3. The average molecular weight is 2020 g/mol. The number of aromatic nitrogens is 12. The van der Waals surface area contributed by atoms with Gasteiger partial charge in [0.05, 0.1) is 87.6 Å². The molecule has 0 aliphatic carbocycles. The number of aliphatic carboxylic acids is 2. The van der Waals surface area contributed by atoms with Gasteiger partial charge in [0.2, 0.25) is 41.5 Å². The summed E-state index contributed by atoms with van der Waals surface area (Å²) in [4.78, 5) is 125. The van der Waals surface area contributed by atoms with E-state index >= 15 is 0 Å². The number of unbranched alkanes of at least 4 members (excludes halogenated alkanes) is 6. The number of carboxylic acid groups (broad SMARTS) is 2. The molecule has 4 amide bonds. The Hall–Kier alpha value is -12.2. The molecule has 4 fully saturated rings. The molecule has 12 N–H and O–H groups in total. The lowest BCUT2D eigenvalue weighted by atomic mass is 10.0. The lowest BCUT2D eigenvalue weighted by molar-refractivity contribution is -0.143. The van der Waals surface area contributed by atoms with Gasteiger partial charge in [-0.1, -0.05) is 140 Å². The molecule has 3 atom stereocenters. The zero-order chi connectivity index (χ0) is 104. The van der Waals surface area contributed by atoms with Crippen molar-refractivity contribution in [2.24, 2.45) is 17.8 Å². The zero-order valence-electron chi connectivity index (χ0n) is 87.4. The third kappa shape index (κ3) is 35.3. The fraction of sp³-hybridized carbons (Fsp3) is 0.579. The van der Waals surface area contributed by atoms with E-state index in [1.54, 1.807) is 20.8 Å². The van der Waals surface area contributed by atoms with Crippen LogP contribution >= 0.6 is 0 Å². The van der Waals surface area contributed by atoms with Gasteiger partial charge in [0.1, 0.15) is 28.0 Å². The van der Waals surface area contributed by atoms with Crippen LogP contribution in [-0.2, 0) is 105 Å². The van der Waals surface area contributed by atoms with Gasteiger partial charge in [-0.05, 0) is 121 Å². The number of carbonyl (C=O) groups excluding carboxylic acids is 5. The summed E-state index contributed by atoms with van der Waals surface area (Å²) in [6.07, 6.45) is 20.6. The number of hydrogen-bond acceptors (Lipinski definition) is 30. The van der Waals surface area contributed by atoms with Crippen LogP contribution in [-0.4, -0.2) is 315 Å². The summed E-state index contributed by atoms with van der Waals surface area (Å²) in [6, 6.07) is 26.4. The Bertz CT molecular complexity index is 5840. The highest BCUT2D eigenvalue weighted by atomic mass is 16.5. The number of ether oxygens (including phenoxy) is 4. The predicted molar refractivity (Wildman–Crippen MR) is 568 cm³/mol. The van der Waals surface area contributed by atoms with Crippen molar-refractivity contribution in [2.75, 3.05) is 204 Å².